The molecule has 4 nitrogen and oxygen atoms in total. The number of carbonyl (C=O) groups excluding carboxylic acids is 1. The number of rotatable bonds is 8. The van der Waals surface area contributed by atoms with Gasteiger partial charge in [0.1, 0.15) is 0 Å². The van der Waals surface area contributed by atoms with Crippen molar-refractivity contribution < 1.29 is 9.53 Å². The highest BCUT2D eigenvalue weighted by molar-refractivity contribution is 5.76. The topological polar surface area (TPSA) is 64.3 Å². The van der Waals surface area contributed by atoms with Crippen molar-refractivity contribution in [1.29, 1.82) is 0 Å². The van der Waals surface area contributed by atoms with E-state index in [-0.39, 0.29) is 5.91 Å². The molecule has 17 heavy (non-hydrogen) atoms. The molecule has 4 heteroatoms. The van der Waals surface area contributed by atoms with Gasteiger partial charge in [0, 0.05) is 19.5 Å². The average Bonchev–Trinajstić information content (AvgIpc) is 2.37. The lowest BCUT2D eigenvalue weighted by Crippen LogP contribution is -2.28. The van der Waals surface area contributed by atoms with Crippen molar-refractivity contribution in [2.24, 2.45) is 5.73 Å². The summed E-state index contributed by atoms with van der Waals surface area (Å²) in [6.45, 7) is 2.13. The first-order chi connectivity index (χ1) is 8.33. The number of nitrogens with one attached hydrogen (secondary N) is 1. The molecule has 0 saturated heterocycles. The lowest BCUT2D eigenvalue weighted by atomic mass is 10.1. The quantitative estimate of drug-likeness (QED) is 0.653. The smallest absolute Gasteiger partial charge is 0.220 e. The summed E-state index contributed by atoms with van der Waals surface area (Å²) in [6, 6.07) is 9.98. The number of ether oxygens (including phenoxy) is 1. The molecule has 0 heterocycles. The van der Waals surface area contributed by atoms with Crippen LogP contribution in [0.2, 0.25) is 0 Å². The number of carbonyl (C=O) groups is 1. The number of nitrogens with two attached hydrogens (primary N) is 1. The van der Waals surface area contributed by atoms with Crippen molar-refractivity contribution in [1.82, 2.24) is 5.32 Å². The highest BCUT2D eigenvalue weighted by atomic mass is 16.5. The standard InChI is InChI=1S/C13H20N2O2/c14-8-10-17-11-9-15-13(16)7-6-12-4-2-1-3-5-12/h1-5H,6-11,14H2,(H,15,16). The Morgan fingerprint density at radius 2 is 2.00 bits per heavy atom. The maximum Gasteiger partial charge on any atom is 0.220 e. The third-order valence-electron chi connectivity index (χ3n) is 2.31. The van der Waals surface area contributed by atoms with Gasteiger partial charge in [0.25, 0.3) is 0 Å². The van der Waals surface area contributed by atoms with Gasteiger partial charge >= 0.3 is 0 Å². The molecule has 1 aromatic rings. The minimum absolute atomic E-state index is 0.0604. The van der Waals surface area contributed by atoms with E-state index in [1.165, 1.54) is 5.56 Å². The van der Waals surface area contributed by atoms with Crippen LogP contribution >= 0.6 is 0 Å². The lowest BCUT2D eigenvalue weighted by Gasteiger charge is -2.05. The molecule has 1 aromatic carbocycles. The first kappa shape index (κ1) is 13.7. The molecular weight excluding hydrogens is 216 g/mol. The van der Waals surface area contributed by atoms with E-state index in [0.717, 1.165) is 6.42 Å². The van der Waals surface area contributed by atoms with Gasteiger partial charge in [0.15, 0.2) is 0 Å². The Kier molecular flexibility index (Phi) is 7.02. The van der Waals surface area contributed by atoms with E-state index in [0.29, 0.717) is 32.7 Å². The summed E-state index contributed by atoms with van der Waals surface area (Å²) in [5.41, 5.74) is 6.45. The Morgan fingerprint density at radius 3 is 2.71 bits per heavy atom. The van der Waals surface area contributed by atoms with Gasteiger partial charge in [-0.05, 0) is 12.0 Å². The van der Waals surface area contributed by atoms with Gasteiger partial charge in [0.05, 0.1) is 13.2 Å². The van der Waals surface area contributed by atoms with Crippen LogP contribution in [-0.2, 0) is 16.0 Å². The minimum Gasteiger partial charge on any atom is -0.378 e. The van der Waals surface area contributed by atoms with Crippen molar-refractivity contribution in [2.75, 3.05) is 26.3 Å². The van der Waals surface area contributed by atoms with Gasteiger partial charge in [0.2, 0.25) is 5.91 Å². The molecule has 94 valence electrons. The van der Waals surface area contributed by atoms with Crippen molar-refractivity contribution in [3.63, 3.8) is 0 Å². The summed E-state index contributed by atoms with van der Waals surface area (Å²) in [7, 11) is 0. The Balaban J connectivity index is 2.05. The molecule has 3 N–H and O–H groups in total. The van der Waals surface area contributed by atoms with Crippen LogP contribution in [-0.4, -0.2) is 32.2 Å². The minimum atomic E-state index is 0.0604. The Labute approximate surface area is 102 Å². The highest BCUT2D eigenvalue weighted by Crippen LogP contribution is 2.01. The second-order valence-electron chi connectivity index (χ2n) is 3.74. The second-order valence-corrected chi connectivity index (χ2v) is 3.74. The van der Waals surface area contributed by atoms with Crippen LogP contribution < -0.4 is 11.1 Å². The van der Waals surface area contributed by atoms with Crippen LogP contribution in [0.5, 0.6) is 0 Å². The van der Waals surface area contributed by atoms with Crippen molar-refractivity contribution >= 4 is 5.91 Å². The zero-order chi connectivity index (χ0) is 12.3. The van der Waals surface area contributed by atoms with Crippen LogP contribution in [0, 0.1) is 0 Å². The summed E-state index contributed by atoms with van der Waals surface area (Å²) >= 11 is 0. The first-order valence-corrected chi connectivity index (χ1v) is 5.91. The molecule has 0 unspecified atom stereocenters. The van der Waals surface area contributed by atoms with Crippen LogP contribution in [0.15, 0.2) is 30.3 Å². The van der Waals surface area contributed by atoms with E-state index in [4.69, 9.17) is 10.5 Å². The van der Waals surface area contributed by atoms with Crippen LogP contribution in [0.25, 0.3) is 0 Å². The molecular formula is C13H20N2O2. The number of hydrogen-bond donors (Lipinski definition) is 2. The first-order valence-electron chi connectivity index (χ1n) is 5.91. The molecule has 0 bridgehead atoms. The predicted molar refractivity (Wildman–Crippen MR) is 67.6 cm³/mol. The monoisotopic (exact) mass is 236 g/mol. The zero-order valence-corrected chi connectivity index (χ0v) is 10.0. The molecule has 0 aromatic heterocycles. The van der Waals surface area contributed by atoms with E-state index < -0.39 is 0 Å². The molecule has 0 spiro atoms. The Bertz CT molecular complexity index is 314. The molecule has 0 atom stereocenters. The summed E-state index contributed by atoms with van der Waals surface area (Å²) in [5, 5.41) is 2.81. The van der Waals surface area contributed by atoms with Crippen LogP contribution in [0.3, 0.4) is 0 Å². The lowest BCUT2D eigenvalue weighted by molar-refractivity contribution is -0.121. The van der Waals surface area contributed by atoms with Gasteiger partial charge in [-0.15, -0.1) is 0 Å². The molecule has 1 rings (SSSR count). The SMILES string of the molecule is NCCOCCNC(=O)CCc1ccccc1. The Morgan fingerprint density at radius 1 is 1.24 bits per heavy atom. The van der Waals surface area contributed by atoms with Gasteiger partial charge in [-0.1, -0.05) is 30.3 Å². The van der Waals surface area contributed by atoms with Crippen molar-refractivity contribution in [3.05, 3.63) is 35.9 Å². The van der Waals surface area contributed by atoms with Gasteiger partial charge in [-0.2, -0.15) is 0 Å². The second kappa shape index (κ2) is 8.73. The molecule has 0 radical (unpaired) electrons. The van der Waals surface area contributed by atoms with Gasteiger partial charge < -0.3 is 15.8 Å². The fourth-order valence-electron chi connectivity index (χ4n) is 1.44. The van der Waals surface area contributed by atoms with E-state index in [2.05, 4.69) is 5.32 Å². The summed E-state index contributed by atoms with van der Waals surface area (Å²) in [5.74, 6) is 0.0604. The largest absolute Gasteiger partial charge is 0.378 e. The number of hydrogen-bond acceptors (Lipinski definition) is 3. The maximum atomic E-state index is 11.5. The zero-order valence-electron chi connectivity index (χ0n) is 10.0. The number of aryl methyl sites for hydroxylation is 1. The van der Waals surface area contributed by atoms with Crippen LogP contribution in [0.1, 0.15) is 12.0 Å². The molecule has 0 aliphatic rings. The molecule has 0 saturated carbocycles. The van der Waals surface area contributed by atoms with Crippen molar-refractivity contribution in [3.8, 4) is 0 Å². The fraction of sp³-hybridized carbons (Fsp3) is 0.462. The van der Waals surface area contributed by atoms with Gasteiger partial charge in [-0.3, -0.25) is 4.79 Å². The third kappa shape index (κ3) is 6.71. The number of benzene rings is 1. The maximum absolute atomic E-state index is 11.5. The Hall–Kier alpha value is -1.39. The normalized spacial score (nSPS) is 10.2. The fourth-order valence-corrected chi connectivity index (χ4v) is 1.44. The number of amides is 1. The van der Waals surface area contributed by atoms with E-state index in [9.17, 15) is 4.79 Å². The highest BCUT2D eigenvalue weighted by Gasteiger charge is 2.00. The third-order valence-corrected chi connectivity index (χ3v) is 2.31. The average molecular weight is 236 g/mol. The molecule has 0 aliphatic heterocycles. The van der Waals surface area contributed by atoms with Crippen molar-refractivity contribution in [2.45, 2.75) is 12.8 Å². The van der Waals surface area contributed by atoms with E-state index >= 15 is 0 Å². The summed E-state index contributed by atoms with van der Waals surface area (Å²) in [6.07, 6.45) is 1.29. The molecule has 0 fully saturated rings. The molecule has 1 amide bonds. The van der Waals surface area contributed by atoms with Gasteiger partial charge in [-0.25, -0.2) is 0 Å². The molecule has 0 aliphatic carbocycles. The van der Waals surface area contributed by atoms with Crippen LogP contribution in [0.4, 0.5) is 0 Å². The predicted octanol–water partition coefficient (Wildman–Crippen LogP) is 0.711. The van der Waals surface area contributed by atoms with E-state index in [1.54, 1.807) is 0 Å². The summed E-state index contributed by atoms with van der Waals surface area (Å²) < 4.78 is 5.16. The summed E-state index contributed by atoms with van der Waals surface area (Å²) in [4.78, 5) is 11.5. The van der Waals surface area contributed by atoms with E-state index in [1.807, 2.05) is 30.3 Å².